The Morgan fingerprint density at radius 2 is 2.09 bits per heavy atom. The number of esters is 1. The van der Waals surface area contributed by atoms with E-state index in [1.165, 1.54) is 6.92 Å². The molecule has 0 aromatic heterocycles. The van der Waals surface area contributed by atoms with Gasteiger partial charge in [0.25, 0.3) is 0 Å². The maximum atomic E-state index is 11.7. The van der Waals surface area contributed by atoms with Crippen molar-refractivity contribution in [3.8, 4) is 0 Å². The zero-order chi connectivity index (χ0) is 16.2. The van der Waals surface area contributed by atoms with Crippen LogP contribution in [0.25, 0.3) is 0 Å². The Morgan fingerprint density at radius 3 is 2.73 bits per heavy atom. The molecule has 0 aliphatic carbocycles. The summed E-state index contributed by atoms with van der Waals surface area (Å²) >= 11 is 0. The molecule has 1 saturated heterocycles. The summed E-state index contributed by atoms with van der Waals surface area (Å²) < 4.78 is 10.6. The van der Waals surface area contributed by atoms with Crippen LogP contribution in [-0.4, -0.2) is 30.3 Å². The second-order valence-electron chi connectivity index (χ2n) is 5.99. The summed E-state index contributed by atoms with van der Waals surface area (Å²) in [5.74, 6) is -0.223. The molecule has 5 nitrogen and oxygen atoms in total. The van der Waals surface area contributed by atoms with Crippen LogP contribution >= 0.6 is 0 Å². The summed E-state index contributed by atoms with van der Waals surface area (Å²) in [6.07, 6.45) is 0.972. The topological polar surface area (TPSA) is 64.6 Å². The number of amides is 1. The summed E-state index contributed by atoms with van der Waals surface area (Å²) in [5.41, 5.74) is 0.532. The van der Waals surface area contributed by atoms with Crippen LogP contribution in [-0.2, 0) is 20.7 Å². The van der Waals surface area contributed by atoms with E-state index in [0.717, 1.165) is 5.56 Å². The van der Waals surface area contributed by atoms with Gasteiger partial charge < -0.3 is 14.8 Å². The summed E-state index contributed by atoms with van der Waals surface area (Å²) in [4.78, 5) is 22.6. The van der Waals surface area contributed by atoms with E-state index in [4.69, 9.17) is 9.47 Å². The maximum Gasteiger partial charge on any atom is 0.408 e. The van der Waals surface area contributed by atoms with Crippen LogP contribution in [0.2, 0.25) is 0 Å². The molecule has 120 valence electrons. The third-order valence-electron chi connectivity index (χ3n) is 4.41. The lowest BCUT2D eigenvalue weighted by Crippen LogP contribution is -2.47. The van der Waals surface area contributed by atoms with Crippen molar-refractivity contribution in [1.29, 1.82) is 0 Å². The molecule has 1 aromatic carbocycles. The molecule has 0 saturated carbocycles. The fraction of sp³-hybridized carbons (Fsp3) is 0.529. The van der Waals surface area contributed by atoms with E-state index in [2.05, 4.69) is 5.32 Å². The van der Waals surface area contributed by atoms with E-state index in [1.54, 1.807) is 0 Å². The summed E-state index contributed by atoms with van der Waals surface area (Å²) in [7, 11) is 0. The number of alkyl carbamates (subject to hydrolysis) is 1. The Kier molecular flexibility index (Phi) is 5.06. The number of cyclic esters (lactones) is 1. The van der Waals surface area contributed by atoms with Crippen LogP contribution in [0.15, 0.2) is 30.3 Å². The Morgan fingerprint density at radius 1 is 1.41 bits per heavy atom. The molecule has 1 fully saturated rings. The fourth-order valence-corrected chi connectivity index (χ4v) is 2.80. The number of carbonyl (C=O) groups is 2. The molecule has 5 heteroatoms. The van der Waals surface area contributed by atoms with Crippen molar-refractivity contribution in [1.82, 2.24) is 5.32 Å². The molecule has 0 radical (unpaired) electrons. The minimum atomic E-state index is -0.618. The molecule has 22 heavy (non-hydrogen) atoms. The van der Waals surface area contributed by atoms with E-state index < -0.39 is 5.60 Å². The van der Waals surface area contributed by atoms with E-state index in [1.807, 2.05) is 44.2 Å². The van der Waals surface area contributed by atoms with Crippen molar-refractivity contribution in [2.45, 2.75) is 45.3 Å². The molecular formula is C17H23NO4. The first-order valence-corrected chi connectivity index (χ1v) is 7.58. The molecule has 1 N–H and O–H groups in total. The predicted molar refractivity (Wildman–Crippen MR) is 82.4 cm³/mol. The maximum absolute atomic E-state index is 11.7. The minimum absolute atomic E-state index is 0.0690. The largest absolute Gasteiger partial charge is 0.466 e. The SMILES string of the molecule is CC(=O)OCC[C@H](C)[C@@]1(C)OC(=O)N[C@@H]1Cc1ccccc1. The average Bonchev–Trinajstić information content (AvgIpc) is 2.75. The summed E-state index contributed by atoms with van der Waals surface area (Å²) in [6, 6.07) is 9.90. The highest BCUT2D eigenvalue weighted by molar-refractivity contribution is 5.71. The zero-order valence-corrected chi connectivity index (χ0v) is 13.3. The molecule has 1 aliphatic heterocycles. The Bertz CT molecular complexity index is 531. The van der Waals surface area contributed by atoms with Crippen molar-refractivity contribution in [2.75, 3.05) is 6.61 Å². The van der Waals surface area contributed by atoms with Gasteiger partial charge in [0.1, 0.15) is 5.60 Å². The Hall–Kier alpha value is -2.04. The number of nitrogens with one attached hydrogen (secondary N) is 1. The molecule has 0 unspecified atom stereocenters. The van der Waals surface area contributed by atoms with Gasteiger partial charge in [-0.25, -0.2) is 4.79 Å². The van der Waals surface area contributed by atoms with Gasteiger partial charge in [-0.05, 0) is 25.3 Å². The second kappa shape index (κ2) is 6.81. The minimum Gasteiger partial charge on any atom is -0.466 e. The molecule has 1 heterocycles. The van der Waals surface area contributed by atoms with Crippen LogP contribution in [0.1, 0.15) is 32.8 Å². The van der Waals surface area contributed by atoms with Gasteiger partial charge in [0.15, 0.2) is 0 Å². The van der Waals surface area contributed by atoms with Crippen LogP contribution in [0, 0.1) is 5.92 Å². The van der Waals surface area contributed by atoms with Gasteiger partial charge in [-0.2, -0.15) is 0 Å². The molecule has 1 aromatic rings. The quantitative estimate of drug-likeness (QED) is 0.821. The number of hydrogen-bond acceptors (Lipinski definition) is 4. The summed E-state index contributed by atoms with van der Waals surface area (Å²) in [5, 5.41) is 2.90. The molecule has 0 bridgehead atoms. The van der Waals surface area contributed by atoms with E-state index in [0.29, 0.717) is 19.4 Å². The van der Waals surface area contributed by atoms with Crippen molar-refractivity contribution in [3.63, 3.8) is 0 Å². The van der Waals surface area contributed by atoms with Crippen molar-refractivity contribution >= 4 is 12.1 Å². The van der Waals surface area contributed by atoms with Gasteiger partial charge in [-0.15, -0.1) is 0 Å². The standard InChI is InChI=1S/C17H23NO4/c1-12(9-10-21-13(2)19)17(3)15(18-16(20)22-17)11-14-7-5-4-6-8-14/h4-8,12,15H,9-11H2,1-3H3,(H,18,20)/t12-,15+,17+/m0/s1. The van der Waals surface area contributed by atoms with Crippen molar-refractivity contribution in [3.05, 3.63) is 35.9 Å². The van der Waals surface area contributed by atoms with Gasteiger partial charge >= 0.3 is 12.1 Å². The highest BCUT2D eigenvalue weighted by atomic mass is 16.6. The summed E-state index contributed by atoms with van der Waals surface area (Å²) in [6.45, 7) is 5.68. The van der Waals surface area contributed by atoms with Gasteiger partial charge in [0.2, 0.25) is 0 Å². The molecule has 2 rings (SSSR count). The smallest absolute Gasteiger partial charge is 0.408 e. The normalized spacial score (nSPS) is 25.2. The van der Waals surface area contributed by atoms with E-state index >= 15 is 0 Å². The van der Waals surface area contributed by atoms with Gasteiger partial charge in [0, 0.05) is 12.8 Å². The monoisotopic (exact) mass is 305 g/mol. The Labute approximate surface area is 131 Å². The number of carbonyl (C=O) groups excluding carboxylic acids is 2. The first-order valence-electron chi connectivity index (χ1n) is 7.58. The predicted octanol–water partition coefficient (Wildman–Crippen LogP) is 2.69. The third kappa shape index (κ3) is 3.78. The average molecular weight is 305 g/mol. The van der Waals surface area contributed by atoms with Gasteiger partial charge in [-0.3, -0.25) is 4.79 Å². The van der Waals surface area contributed by atoms with E-state index in [9.17, 15) is 9.59 Å². The number of hydrogen-bond donors (Lipinski definition) is 1. The molecule has 3 atom stereocenters. The number of ether oxygens (including phenoxy) is 2. The Balaban J connectivity index is 2.04. The zero-order valence-electron chi connectivity index (χ0n) is 13.3. The van der Waals surface area contributed by atoms with Crippen LogP contribution in [0.3, 0.4) is 0 Å². The van der Waals surface area contributed by atoms with Crippen LogP contribution in [0.4, 0.5) is 4.79 Å². The molecule has 0 spiro atoms. The highest BCUT2D eigenvalue weighted by Crippen LogP contribution is 2.34. The van der Waals surface area contributed by atoms with Crippen LogP contribution in [0.5, 0.6) is 0 Å². The van der Waals surface area contributed by atoms with Crippen LogP contribution < -0.4 is 5.32 Å². The molecular weight excluding hydrogens is 282 g/mol. The molecule has 1 aliphatic rings. The van der Waals surface area contributed by atoms with E-state index in [-0.39, 0.29) is 24.0 Å². The second-order valence-corrected chi connectivity index (χ2v) is 5.99. The number of benzene rings is 1. The molecule has 1 amide bonds. The highest BCUT2D eigenvalue weighted by Gasteiger charge is 2.48. The van der Waals surface area contributed by atoms with Crippen molar-refractivity contribution < 1.29 is 19.1 Å². The lowest BCUT2D eigenvalue weighted by Gasteiger charge is -2.34. The number of rotatable bonds is 6. The third-order valence-corrected chi connectivity index (χ3v) is 4.41. The first kappa shape index (κ1) is 16.3. The van der Waals surface area contributed by atoms with Gasteiger partial charge in [0.05, 0.1) is 12.6 Å². The lowest BCUT2D eigenvalue weighted by molar-refractivity contribution is -0.141. The first-order chi connectivity index (χ1) is 10.4. The van der Waals surface area contributed by atoms with Crippen molar-refractivity contribution in [2.24, 2.45) is 5.92 Å². The fourth-order valence-electron chi connectivity index (χ4n) is 2.80. The lowest BCUT2D eigenvalue weighted by atomic mass is 9.80. The van der Waals surface area contributed by atoms with Gasteiger partial charge in [-0.1, -0.05) is 37.3 Å².